The summed E-state index contributed by atoms with van der Waals surface area (Å²) in [5.41, 5.74) is 4.53. The Balaban J connectivity index is 0. The van der Waals surface area contributed by atoms with Crippen molar-refractivity contribution in [2.45, 2.75) is 97.4 Å². The lowest BCUT2D eigenvalue weighted by Gasteiger charge is -2.36. The average Bonchev–Trinajstić information content (AvgIpc) is 2.68. The number of hydrogen-bond acceptors (Lipinski definition) is 4. The number of amides is 1. The number of carbonyl (C=O) groups is 1. The fraction of sp³-hybridized carbons (Fsp3) is 0.870. The molecule has 0 aliphatic rings. The first-order valence-electron chi connectivity index (χ1n) is 10.9. The smallest absolute Gasteiger partial charge is 0.285 e. The van der Waals surface area contributed by atoms with Crippen molar-refractivity contribution >= 4 is 5.91 Å². The van der Waals surface area contributed by atoms with Gasteiger partial charge in [-0.2, -0.15) is 0 Å². The van der Waals surface area contributed by atoms with Crippen LogP contribution in [0.4, 0.5) is 0 Å². The molecule has 1 unspecified atom stereocenters. The molecule has 0 saturated carbocycles. The highest BCUT2D eigenvalue weighted by molar-refractivity contribution is 5.84. The van der Waals surface area contributed by atoms with Crippen molar-refractivity contribution in [1.82, 2.24) is 0 Å². The molecule has 0 rings (SSSR count). The van der Waals surface area contributed by atoms with E-state index in [0.717, 1.165) is 24.8 Å². The van der Waals surface area contributed by atoms with Crippen LogP contribution in [0.25, 0.3) is 0 Å². The monoisotopic (exact) mass is 401 g/mol. The molecule has 0 aliphatic carbocycles. The van der Waals surface area contributed by atoms with E-state index < -0.39 is 11.9 Å². The van der Waals surface area contributed by atoms with Crippen molar-refractivity contribution in [3.63, 3.8) is 0 Å². The Morgan fingerprint density at radius 2 is 1.29 bits per heavy atom. The van der Waals surface area contributed by atoms with Crippen molar-refractivity contribution in [3.8, 4) is 0 Å². The third-order valence-corrected chi connectivity index (χ3v) is 5.04. The standard InChI is InChI=1S/C20H42O3.C3H5NO/c1-7-8-9-10-11-12-16-19(17-14-13-15-18(2)3)20(21-4,22-5)23-6;1-2-3(4)5/h18-19H,7-17H2,1-6H3;2H,1H2,(H2,4,5). The third-order valence-electron chi connectivity index (χ3n) is 5.04. The molecule has 28 heavy (non-hydrogen) atoms. The molecule has 1 atom stereocenters. The number of nitrogens with two attached hydrogens (primary N) is 1. The number of unbranched alkanes of at least 4 members (excludes halogenated alkanes) is 6. The first-order valence-corrected chi connectivity index (χ1v) is 10.9. The molecule has 5 nitrogen and oxygen atoms in total. The average molecular weight is 402 g/mol. The molecule has 0 fully saturated rings. The lowest BCUT2D eigenvalue weighted by atomic mass is 9.91. The Morgan fingerprint density at radius 1 is 0.893 bits per heavy atom. The fourth-order valence-electron chi connectivity index (χ4n) is 3.36. The van der Waals surface area contributed by atoms with Crippen LogP contribution in [0.2, 0.25) is 0 Å². The molecule has 0 aromatic heterocycles. The van der Waals surface area contributed by atoms with Gasteiger partial charge in [0.2, 0.25) is 5.91 Å². The van der Waals surface area contributed by atoms with Crippen molar-refractivity contribution < 1.29 is 19.0 Å². The second-order valence-corrected chi connectivity index (χ2v) is 7.75. The summed E-state index contributed by atoms with van der Waals surface area (Å²) < 4.78 is 16.9. The van der Waals surface area contributed by atoms with Crippen LogP contribution in [0.15, 0.2) is 12.7 Å². The third kappa shape index (κ3) is 15.1. The van der Waals surface area contributed by atoms with Crippen molar-refractivity contribution in [2.24, 2.45) is 17.6 Å². The zero-order chi connectivity index (χ0) is 21.8. The van der Waals surface area contributed by atoms with Gasteiger partial charge in [0.05, 0.1) is 0 Å². The molecule has 0 heterocycles. The second-order valence-electron chi connectivity index (χ2n) is 7.75. The van der Waals surface area contributed by atoms with Gasteiger partial charge in [-0.25, -0.2) is 0 Å². The summed E-state index contributed by atoms with van der Waals surface area (Å²) in [5, 5.41) is 0. The Bertz CT molecular complexity index is 359. The van der Waals surface area contributed by atoms with Crippen molar-refractivity contribution in [3.05, 3.63) is 12.7 Å². The summed E-state index contributed by atoms with van der Waals surface area (Å²) in [4.78, 5) is 9.47. The van der Waals surface area contributed by atoms with Crippen LogP contribution in [0.1, 0.15) is 91.4 Å². The van der Waals surface area contributed by atoms with Crippen LogP contribution >= 0.6 is 0 Å². The van der Waals surface area contributed by atoms with Crippen molar-refractivity contribution in [2.75, 3.05) is 21.3 Å². The summed E-state index contributed by atoms with van der Waals surface area (Å²) >= 11 is 0. The van der Waals surface area contributed by atoms with Crippen LogP contribution in [-0.4, -0.2) is 33.2 Å². The van der Waals surface area contributed by atoms with E-state index in [4.69, 9.17) is 14.2 Å². The molecule has 0 spiro atoms. The number of primary amides is 1. The van der Waals surface area contributed by atoms with Crippen LogP contribution in [-0.2, 0) is 19.0 Å². The van der Waals surface area contributed by atoms with Crippen LogP contribution in [0.5, 0.6) is 0 Å². The minimum atomic E-state index is -0.874. The van der Waals surface area contributed by atoms with Crippen LogP contribution < -0.4 is 5.73 Å². The molecule has 1 amide bonds. The molecular formula is C23H47NO4. The summed E-state index contributed by atoms with van der Waals surface area (Å²) in [7, 11) is 5.07. The van der Waals surface area contributed by atoms with E-state index in [1.54, 1.807) is 21.3 Å². The van der Waals surface area contributed by atoms with Gasteiger partial charge in [0.1, 0.15) is 0 Å². The van der Waals surface area contributed by atoms with Gasteiger partial charge in [-0.15, -0.1) is 0 Å². The first kappa shape index (κ1) is 29.3. The Labute approximate surface area is 174 Å². The number of hydrogen-bond donors (Lipinski definition) is 1. The molecule has 0 aliphatic heterocycles. The van der Waals surface area contributed by atoms with Gasteiger partial charge in [-0.3, -0.25) is 4.79 Å². The fourth-order valence-corrected chi connectivity index (χ4v) is 3.36. The molecule has 168 valence electrons. The molecule has 2 N–H and O–H groups in total. The number of methoxy groups -OCH3 is 3. The van der Waals surface area contributed by atoms with Gasteiger partial charge in [-0.1, -0.05) is 85.1 Å². The van der Waals surface area contributed by atoms with E-state index >= 15 is 0 Å². The van der Waals surface area contributed by atoms with E-state index in [1.807, 2.05) is 0 Å². The molecule has 0 saturated heterocycles. The summed E-state index contributed by atoms with van der Waals surface area (Å²) in [5.74, 6) is -0.267. The van der Waals surface area contributed by atoms with Gasteiger partial charge < -0.3 is 19.9 Å². The quantitative estimate of drug-likeness (QED) is 0.189. The van der Waals surface area contributed by atoms with Crippen LogP contribution in [0.3, 0.4) is 0 Å². The summed E-state index contributed by atoms with van der Waals surface area (Å²) in [6, 6.07) is 0. The van der Waals surface area contributed by atoms with E-state index in [0.29, 0.717) is 5.92 Å². The Morgan fingerprint density at radius 3 is 1.68 bits per heavy atom. The zero-order valence-electron chi connectivity index (χ0n) is 19.4. The molecule has 5 heteroatoms. The highest BCUT2D eigenvalue weighted by atomic mass is 16.9. The van der Waals surface area contributed by atoms with Gasteiger partial charge in [0.15, 0.2) is 0 Å². The van der Waals surface area contributed by atoms with E-state index in [1.165, 1.54) is 57.8 Å². The predicted molar refractivity (Wildman–Crippen MR) is 118 cm³/mol. The maximum Gasteiger partial charge on any atom is 0.285 e. The first-order chi connectivity index (χ1) is 13.3. The maximum absolute atomic E-state index is 9.47. The number of ether oxygens (including phenoxy) is 3. The lowest BCUT2D eigenvalue weighted by molar-refractivity contribution is -0.380. The molecule has 0 radical (unpaired) electrons. The highest BCUT2D eigenvalue weighted by Crippen LogP contribution is 2.33. The molecular weight excluding hydrogens is 354 g/mol. The molecule has 0 aromatic rings. The number of rotatable bonds is 17. The van der Waals surface area contributed by atoms with Gasteiger partial charge in [0.25, 0.3) is 5.97 Å². The SMILES string of the molecule is C=CC(N)=O.CCCCCCCCC(CCCCC(C)C)C(OC)(OC)OC. The number of carbonyl (C=O) groups excluding carboxylic acids is 1. The van der Waals surface area contributed by atoms with E-state index in [2.05, 4.69) is 33.1 Å². The molecule has 0 bridgehead atoms. The highest BCUT2D eigenvalue weighted by Gasteiger charge is 2.39. The van der Waals surface area contributed by atoms with Crippen molar-refractivity contribution in [1.29, 1.82) is 0 Å². The minimum Gasteiger partial charge on any atom is -0.366 e. The zero-order valence-corrected chi connectivity index (χ0v) is 19.4. The van der Waals surface area contributed by atoms with Gasteiger partial charge >= 0.3 is 0 Å². The molecule has 0 aromatic carbocycles. The van der Waals surface area contributed by atoms with Gasteiger partial charge in [-0.05, 0) is 24.8 Å². The van der Waals surface area contributed by atoms with Gasteiger partial charge in [0, 0.05) is 27.2 Å². The van der Waals surface area contributed by atoms with E-state index in [9.17, 15) is 4.79 Å². The predicted octanol–water partition coefficient (Wildman–Crippen LogP) is 5.82. The summed E-state index contributed by atoms with van der Waals surface area (Å²) in [6.07, 6.45) is 15.0. The normalized spacial score (nSPS) is 12.4. The van der Waals surface area contributed by atoms with E-state index in [-0.39, 0.29) is 0 Å². The largest absolute Gasteiger partial charge is 0.366 e. The second kappa shape index (κ2) is 19.4. The summed E-state index contributed by atoms with van der Waals surface area (Å²) in [6.45, 7) is 9.93. The Hall–Kier alpha value is -0.910. The lowest BCUT2D eigenvalue weighted by Crippen LogP contribution is -2.44. The Kier molecular flexibility index (Phi) is 20.3. The topological polar surface area (TPSA) is 70.8 Å². The van der Waals surface area contributed by atoms with Crippen LogP contribution in [0, 0.1) is 11.8 Å². The maximum atomic E-state index is 9.47. The minimum absolute atomic E-state index is 0.306.